The third kappa shape index (κ3) is 3.49. The molecule has 142 valence electrons. The second-order valence-electron chi connectivity index (χ2n) is 5.89. The molecule has 1 saturated heterocycles. The van der Waals surface area contributed by atoms with Gasteiger partial charge in [-0.25, -0.2) is 18.2 Å². The van der Waals surface area contributed by atoms with Gasteiger partial charge in [-0.15, -0.1) is 0 Å². The number of esters is 1. The fourth-order valence-electron chi connectivity index (χ4n) is 2.79. The number of aromatic nitrogens is 3. The number of rotatable bonds is 6. The lowest BCUT2D eigenvalue weighted by atomic mass is 10.4. The quantitative estimate of drug-likeness (QED) is 0.704. The van der Waals surface area contributed by atoms with Gasteiger partial charge in [0.2, 0.25) is 10.0 Å². The van der Waals surface area contributed by atoms with E-state index in [9.17, 15) is 22.0 Å². The molecule has 1 aliphatic rings. The summed E-state index contributed by atoms with van der Waals surface area (Å²) >= 11 is 0. The van der Waals surface area contributed by atoms with Gasteiger partial charge in [-0.1, -0.05) is 0 Å². The third-order valence-corrected chi connectivity index (χ3v) is 6.05. The van der Waals surface area contributed by atoms with Crippen LogP contribution in [-0.2, 0) is 28.4 Å². The van der Waals surface area contributed by atoms with Crippen LogP contribution in [0.15, 0.2) is 29.6 Å². The normalized spacial score (nSPS) is 15.7. The van der Waals surface area contributed by atoms with E-state index in [1.165, 1.54) is 34.4 Å². The molecule has 0 unspecified atom stereocenters. The number of sulfonamides is 1. The second kappa shape index (κ2) is 7.16. The Labute approximate surface area is 149 Å². The Morgan fingerprint density at radius 3 is 2.69 bits per heavy atom. The first-order valence-corrected chi connectivity index (χ1v) is 9.38. The zero-order valence-electron chi connectivity index (χ0n) is 14.0. The Hall–Kier alpha value is -2.27. The number of hydrogen-bond donors (Lipinski definition) is 0. The van der Waals surface area contributed by atoms with Gasteiger partial charge in [0.25, 0.3) is 0 Å². The summed E-state index contributed by atoms with van der Waals surface area (Å²) in [4.78, 5) is 15.9. The van der Waals surface area contributed by atoms with Crippen LogP contribution in [0.3, 0.4) is 0 Å². The SMILES string of the molecule is Cn1cc(S(=O)(=O)N2CCCC2)cc1C(=O)OCc1nccn1C(F)F. The summed E-state index contributed by atoms with van der Waals surface area (Å²) in [7, 11) is -2.15. The average Bonchev–Trinajstić information content (AvgIpc) is 3.32. The molecule has 0 aliphatic carbocycles. The van der Waals surface area contributed by atoms with Crippen molar-refractivity contribution in [1.29, 1.82) is 0 Å². The van der Waals surface area contributed by atoms with E-state index in [4.69, 9.17) is 4.74 Å². The van der Waals surface area contributed by atoms with Crippen LogP contribution in [0.25, 0.3) is 0 Å². The Bertz CT molecular complexity index is 901. The molecule has 0 spiro atoms. The van der Waals surface area contributed by atoms with Crippen molar-refractivity contribution < 1.29 is 26.7 Å². The lowest BCUT2D eigenvalue weighted by Gasteiger charge is -2.13. The number of hydrogen-bond acceptors (Lipinski definition) is 5. The molecular weight excluding hydrogens is 370 g/mol. The largest absolute Gasteiger partial charge is 0.453 e. The molecule has 3 heterocycles. The molecule has 11 heteroatoms. The highest BCUT2D eigenvalue weighted by Crippen LogP contribution is 2.23. The topological polar surface area (TPSA) is 86.4 Å². The molecule has 0 amide bonds. The maximum atomic E-state index is 12.8. The number of ether oxygens (including phenoxy) is 1. The predicted octanol–water partition coefficient (Wildman–Crippen LogP) is 1.76. The number of imidazole rings is 1. The summed E-state index contributed by atoms with van der Waals surface area (Å²) in [6.07, 6.45) is 5.20. The van der Waals surface area contributed by atoms with E-state index >= 15 is 0 Å². The van der Waals surface area contributed by atoms with Crippen molar-refractivity contribution in [3.05, 3.63) is 36.2 Å². The maximum absolute atomic E-state index is 12.8. The van der Waals surface area contributed by atoms with Crippen molar-refractivity contribution in [2.45, 2.75) is 30.9 Å². The van der Waals surface area contributed by atoms with Crippen LogP contribution in [0.2, 0.25) is 0 Å². The smallest absolute Gasteiger partial charge is 0.355 e. The van der Waals surface area contributed by atoms with Crippen LogP contribution in [0, 0.1) is 0 Å². The lowest BCUT2D eigenvalue weighted by Crippen LogP contribution is -2.27. The molecule has 3 rings (SSSR count). The van der Waals surface area contributed by atoms with E-state index in [1.54, 1.807) is 0 Å². The molecule has 2 aromatic rings. The van der Waals surface area contributed by atoms with Crippen molar-refractivity contribution in [3.8, 4) is 0 Å². The highest BCUT2D eigenvalue weighted by molar-refractivity contribution is 7.89. The zero-order valence-corrected chi connectivity index (χ0v) is 14.8. The molecular formula is C15H18F2N4O4S. The predicted molar refractivity (Wildman–Crippen MR) is 86.0 cm³/mol. The number of nitrogens with zero attached hydrogens (tertiary/aromatic N) is 4. The van der Waals surface area contributed by atoms with Gasteiger partial charge in [0.15, 0.2) is 5.82 Å². The second-order valence-corrected chi connectivity index (χ2v) is 7.83. The van der Waals surface area contributed by atoms with Gasteiger partial charge in [0, 0.05) is 38.7 Å². The van der Waals surface area contributed by atoms with Crippen molar-refractivity contribution in [2.75, 3.05) is 13.1 Å². The van der Waals surface area contributed by atoms with Crippen LogP contribution in [0.5, 0.6) is 0 Å². The Kier molecular flexibility index (Phi) is 5.10. The summed E-state index contributed by atoms with van der Waals surface area (Å²) in [5.41, 5.74) is 0.0120. The Morgan fingerprint density at radius 1 is 1.35 bits per heavy atom. The highest BCUT2D eigenvalue weighted by atomic mass is 32.2. The van der Waals surface area contributed by atoms with E-state index in [2.05, 4.69) is 4.98 Å². The summed E-state index contributed by atoms with van der Waals surface area (Å²) in [5, 5.41) is 0. The van der Waals surface area contributed by atoms with Gasteiger partial charge in [-0.3, -0.25) is 4.57 Å². The molecule has 0 atom stereocenters. The van der Waals surface area contributed by atoms with Crippen molar-refractivity contribution in [2.24, 2.45) is 7.05 Å². The van der Waals surface area contributed by atoms with Crippen molar-refractivity contribution in [1.82, 2.24) is 18.4 Å². The average molecular weight is 388 g/mol. The summed E-state index contributed by atoms with van der Waals surface area (Å²) in [6, 6.07) is 1.23. The lowest BCUT2D eigenvalue weighted by molar-refractivity contribution is 0.0367. The van der Waals surface area contributed by atoms with E-state index < -0.39 is 29.1 Å². The summed E-state index contributed by atoms with van der Waals surface area (Å²) < 4.78 is 58.9. The molecule has 26 heavy (non-hydrogen) atoms. The molecule has 8 nitrogen and oxygen atoms in total. The van der Waals surface area contributed by atoms with E-state index in [0.29, 0.717) is 17.7 Å². The van der Waals surface area contributed by atoms with Gasteiger partial charge >= 0.3 is 12.5 Å². The maximum Gasteiger partial charge on any atom is 0.355 e. The standard InChI is InChI=1S/C15H18F2N4O4S/c1-19-9-11(26(23,24)20-5-2-3-6-20)8-12(19)14(22)25-10-13-18-4-7-21(13)15(16)17/h4,7-9,15H,2-3,5-6,10H2,1H3. The molecule has 0 bridgehead atoms. The Balaban J connectivity index is 1.74. The minimum absolute atomic E-state index is 0.00271. The van der Waals surface area contributed by atoms with Crippen LogP contribution in [0.1, 0.15) is 35.7 Å². The first-order valence-electron chi connectivity index (χ1n) is 7.94. The van der Waals surface area contributed by atoms with E-state index in [-0.39, 0.29) is 16.4 Å². The number of carbonyl (C=O) groups is 1. The number of alkyl halides is 2. The minimum Gasteiger partial charge on any atom is -0.453 e. The molecule has 2 aromatic heterocycles. The summed E-state index contributed by atoms with van der Waals surface area (Å²) in [6.45, 7) is -2.34. The van der Waals surface area contributed by atoms with Gasteiger partial charge in [-0.2, -0.15) is 13.1 Å². The highest BCUT2D eigenvalue weighted by Gasteiger charge is 2.29. The van der Waals surface area contributed by atoms with E-state index in [0.717, 1.165) is 19.0 Å². The summed E-state index contributed by atoms with van der Waals surface area (Å²) in [5.74, 6) is -0.924. The fraction of sp³-hybridized carbons (Fsp3) is 0.467. The Morgan fingerprint density at radius 2 is 2.04 bits per heavy atom. The van der Waals surface area contributed by atoms with Gasteiger partial charge in [-0.05, 0) is 18.9 Å². The molecule has 1 fully saturated rings. The van der Waals surface area contributed by atoms with Crippen LogP contribution >= 0.6 is 0 Å². The monoisotopic (exact) mass is 388 g/mol. The van der Waals surface area contributed by atoms with Crippen LogP contribution < -0.4 is 0 Å². The van der Waals surface area contributed by atoms with Crippen LogP contribution in [-0.4, -0.2) is 45.9 Å². The minimum atomic E-state index is -3.66. The van der Waals surface area contributed by atoms with Crippen molar-refractivity contribution in [3.63, 3.8) is 0 Å². The number of aryl methyl sites for hydroxylation is 1. The molecule has 1 aliphatic heterocycles. The zero-order chi connectivity index (χ0) is 18.9. The fourth-order valence-corrected chi connectivity index (χ4v) is 4.38. The van der Waals surface area contributed by atoms with Gasteiger partial charge in [0.1, 0.15) is 17.2 Å². The van der Waals surface area contributed by atoms with Crippen LogP contribution in [0.4, 0.5) is 8.78 Å². The first-order chi connectivity index (χ1) is 12.3. The molecule has 0 N–H and O–H groups in total. The molecule has 0 radical (unpaired) electrons. The van der Waals surface area contributed by atoms with Gasteiger partial charge in [0.05, 0.1) is 0 Å². The number of halogens is 2. The van der Waals surface area contributed by atoms with Crippen molar-refractivity contribution >= 4 is 16.0 Å². The first kappa shape index (κ1) is 18.5. The number of carbonyl (C=O) groups excluding carboxylic acids is 1. The third-order valence-electron chi connectivity index (χ3n) is 4.18. The van der Waals surface area contributed by atoms with E-state index in [1.807, 2.05) is 0 Å². The molecule has 0 saturated carbocycles. The molecule has 0 aromatic carbocycles. The van der Waals surface area contributed by atoms with Gasteiger partial charge < -0.3 is 9.30 Å².